The average Bonchev–Trinajstić information content (AvgIpc) is 2.34. The van der Waals surface area contributed by atoms with Crippen molar-refractivity contribution in [2.24, 2.45) is 0 Å². The Labute approximate surface area is 97.8 Å². The van der Waals surface area contributed by atoms with Gasteiger partial charge in [-0.25, -0.2) is 0 Å². The molecule has 1 N–H and O–H groups in total. The summed E-state index contributed by atoms with van der Waals surface area (Å²) in [6.07, 6.45) is 1.03. The second-order valence-corrected chi connectivity index (χ2v) is 3.60. The van der Waals surface area contributed by atoms with E-state index in [1.807, 2.05) is 12.1 Å². The molecule has 0 aliphatic rings. The highest BCUT2D eigenvalue weighted by Crippen LogP contribution is 2.35. The van der Waals surface area contributed by atoms with Crippen LogP contribution in [-0.4, -0.2) is 20.8 Å². The number of rotatable bonds is 6. The lowest BCUT2D eigenvalue weighted by Crippen LogP contribution is -2.20. The van der Waals surface area contributed by atoms with Gasteiger partial charge in [0.1, 0.15) is 0 Å². The molecular weight excluding hydrogens is 202 g/mol. The van der Waals surface area contributed by atoms with Crippen molar-refractivity contribution in [3.8, 4) is 11.5 Å². The van der Waals surface area contributed by atoms with Gasteiger partial charge >= 0.3 is 0 Å². The maximum absolute atomic E-state index is 5.43. The van der Waals surface area contributed by atoms with Crippen LogP contribution in [0.4, 0.5) is 0 Å². The lowest BCUT2D eigenvalue weighted by atomic mass is 10.0. The molecule has 1 aromatic carbocycles. The first-order valence-electron chi connectivity index (χ1n) is 5.72. The lowest BCUT2D eigenvalue weighted by molar-refractivity contribution is 0.346. The van der Waals surface area contributed by atoms with Gasteiger partial charge in [-0.05, 0) is 19.0 Å². The molecule has 0 aliphatic carbocycles. The largest absolute Gasteiger partial charge is 0.493 e. The van der Waals surface area contributed by atoms with Crippen molar-refractivity contribution >= 4 is 0 Å². The number of hydrogen-bond donors (Lipinski definition) is 1. The van der Waals surface area contributed by atoms with Crippen LogP contribution < -0.4 is 14.8 Å². The Morgan fingerprint density at radius 1 is 1.19 bits per heavy atom. The fraction of sp³-hybridized carbons (Fsp3) is 0.538. The Kier molecular flexibility index (Phi) is 5.12. The monoisotopic (exact) mass is 223 g/mol. The number of benzene rings is 1. The van der Waals surface area contributed by atoms with Gasteiger partial charge in [0, 0.05) is 11.6 Å². The van der Waals surface area contributed by atoms with Gasteiger partial charge in [-0.2, -0.15) is 0 Å². The second-order valence-electron chi connectivity index (χ2n) is 3.60. The van der Waals surface area contributed by atoms with Gasteiger partial charge in [0.05, 0.1) is 14.2 Å². The van der Waals surface area contributed by atoms with Crippen molar-refractivity contribution in [3.63, 3.8) is 0 Å². The molecule has 0 heterocycles. The van der Waals surface area contributed by atoms with Crippen LogP contribution in [0.2, 0.25) is 0 Å². The molecule has 0 saturated heterocycles. The third-order valence-electron chi connectivity index (χ3n) is 2.67. The van der Waals surface area contributed by atoms with Crippen LogP contribution in [-0.2, 0) is 0 Å². The Balaban J connectivity index is 3.09. The van der Waals surface area contributed by atoms with E-state index in [9.17, 15) is 0 Å². The summed E-state index contributed by atoms with van der Waals surface area (Å²) in [5, 5.41) is 3.44. The van der Waals surface area contributed by atoms with Crippen LogP contribution in [0.5, 0.6) is 11.5 Å². The highest BCUT2D eigenvalue weighted by Gasteiger charge is 2.16. The van der Waals surface area contributed by atoms with E-state index >= 15 is 0 Å². The van der Waals surface area contributed by atoms with E-state index in [4.69, 9.17) is 9.47 Å². The Morgan fingerprint density at radius 2 is 1.94 bits per heavy atom. The van der Waals surface area contributed by atoms with E-state index in [0.717, 1.165) is 30.0 Å². The van der Waals surface area contributed by atoms with Crippen LogP contribution in [0.1, 0.15) is 31.9 Å². The number of hydrogen-bond acceptors (Lipinski definition) is 3. The summed E-state index contributed by atoms with van der Waals surface area (Å²) in [6, 6.07) is 6.31. The molecule has 0 radical (unpaired) electrons. The Bertz CT molecular complexity index is 326. The Hall–Kier alpha value is -1.22. The minimum atomic E-state index is 0.315. The Morgan fingerprint density at radius 3 is 2.44 bits per heavy atom. The van der Waals surface area contributed by atoms with Crippen molar-refractivity contribution < 1.29 is 9.47 Å². The average molecular weight is 223 g/mol. The first-order chi connectivity index (χ1) is 7.78. The molecule has 0 saturated carbocycles. The van der Waals surface area contributed by atoms with Gasteiger partial charge in [-0.3, -0.25) is 0 Å². The van der Waals surface area contributed by atoms with Crippen LogP contribution in [0, 0.1) is 0 Å². The third-order valence-corrected chi connectivity index (χ3v) is 2.67. The number of ether oxygens (including phenoxy) is 2. The van der Waals surface area contributed by atoms with E-state index in [2.05, 4.69) is 25.2 Å². The molecule has 0 aliphatic heterocycles. The molecule has 0 spiro atoms. The highest BCUT2D eigenvalue weighted by atomic mass is 16.5. The van der Waals surface area contributed by atoms with Crippen LogP contribution in [0.3, 0.4) is 0 Å². The van der Waals surface area contributed by atoms with Gasteiger partial charge in [0.15, 0.2) is 11.5 Å². The lowest BCUT2D eigenvalue weighted by Gasteiger charge is -2.20. The maximum atomic E-state index is 5.43. The van der Waals surface area contributed by atoms with Crippen molar-refractivity contribution in [2.75, 3.05) is 20.8 Å². The molecule has 1 atom stereocenters. The summed E-state index contributed by atoms with van der Waals surface area (Å²) in [4.78, 5) is 0. The second kappa shape index (κ2) is 6.38. The van der Waals surface area contributed by atoms with Crippen LogP contribution >= 0.6 is 0 Å². The molecular formula is C13H21NO2. The van der Waals surface area contributed by atoms with Gasteiger partial charge in [-0.1, -0.05) is 26.0 Å². The van der Waals surface area contributed by atoms with E-state index in [1.54, 1.807) is 14.2 Å². The zero-order valence-corrected chi connectivity index (χ0v) is 10.5. The molecule has 0 amide bonds. The molecule has 90 valence electrons. The standard InChI is InChI=1S/C13H21NO2/c1-5-11(14-6-2)10-8-7-9-12(15-3)13(10)16-4/h7-9,11,14H,5-6H2,1-4H3/t11-/m1/s1. The van der Waals surface area contributed by atoms with E-state index in [-0.39, 0.29) is 0 Å². The molecule has 1 aromatic rings. The van der Waals surface area contributed by atoms with Gasteiger partial charge in [-0.15, -0.1) is 0 Å². The minimum Gasteiger partial charge on any atom is -0.493 e. The maximum Gasteiger partial charge on any atom is 0.165 e. The van der Waals surface area contributed by atoms with Crippen molar-refractivity contribution in [1.29, 1.82) is 0 Å². The van der Waals surface area contributed by atoms with Crippen molar-refractivity contribution in [1.82, 2.24) is 5.32 Å². The van der Waals surface area contributed by atoms with E-state index in [0.29, 0.717) is 6.04 Å². The topological polar surface area (TPSA) is 30.5 Å². The SMILES string of the molecule is CCN[C@H](CC)c1cccc(OC)c1OC. The van der Waals surface area contributed by atoms with Crippen LogP contribution in [0.15, 0.2) is 18.2 Å². The fourth-order valence-corrected chi connectivity index (χ4v) is 1.91. The zero-order chi connectivity index (χ0) is 12.0. The minimum absolute atomic E-state index is 0.315. The molecule has 0 unspecified atom stereocenters. The smallest absolute Gasteiger partial charge is 0.165 e. The highest BCUT2D eigenvalue weighted by molar-refractivity contribution is 5.48. The summed E-state index contributed by atoms with van der Waals surface area (Å²) in [5.41, 5.74) is 1.16. The molecule has 1 rings (SSSR count). The predicted molar refractivity (Wildman–Crippen MR) is 66.3 cm³/mol. The van der Waals surface area contributed by atoms with Gasteiger partial charge in [0.25, 0.3) is 0 Å². The summed E-state index contributed by atoms with van der Waals surface area (Å²) in [5.74, 6) is 1.62. The van der Waals surface area contributed by atoms with Crippen molar-refractivity contribution in [3.05, 3.63) is 23.8 Å². The molecule has 0 bridgehead atoms. The number of methoxy groups -OCH3 is 2. The van der Waals surface area contributed by atoms with E-state index in [1.165, 1.54) is 0 Å². The first kappa shape index (κ1) is 12.8. The van der Waals surface area contributed by atoms with E-state index < -0.39 is 0 Å². The first-order valence-corrected chi connectivity index (χ1v) is 5.72. The molecule has 0 aromatic heterocycles. The number of nitrogens with one attached hydrogen (secondary N) is 1. The van der Waals surface area contributed by atoms with Gasteiger partial charge in [0.2, 0.25) is 0 Å². The molecule has 16 heavy (non-hydrogen) atoms. The quantitative estimate of drug-likeness (QED) is 0.804. The third kappa shape index (κ3) is 2.67. The number of para-hydroxylation sites is 1. The normalized spacial score (nSPS) is 12.2. The summed E-state index contributed by atoms with van der Waals surface area (Å²) >= 11 is 0. The molecule has 3 nitrogen and oxygen atoms in total. The summed E-state index contributed by atoms with van der Waals surface area (Å²) in [7, 11) is 3.34. The molecule has 0 fully saturated rings. The van der Waals surface area contributed by atoms with Crippen molar-refractivity contribution in [2.45, 2.75) is 26.3 Å². The fourth-order valence-electron chi connectivity index (χ4n) is 1.91. The summed E-state index contributed by atoms with van der Waals surface area (Å²) < 4.78 is 10.7. The zero-order valence-electron chi connectivity index (χ0n) is 10.5. The predicted octanol–water partition coefficient (Wildman–Crippen LogP) is 2.76. The molecule has 3 heteroatoms. The van der Waals surface area contributed by atoms with Gasteiger partial charge < -0.3 is 14.8 Å². The summed E-state index contributed by atoms with van der Waals surface area (Å²) in [6.45, 7) is 5.21. The van der Waals surface area contributed by atoms with Crippen LogP contribution in [0.25, 0.3) is 0 Å².